The van der Waals surface area contributed by atoms with E-state index >= 15 is 0 Å². The average Bonchev–Trinajstić information content (AvgIpc) is 3.38. The first-order valence-electron chi connectivity index (χ1n) is 9.71. The first-order chi connectivity index (χ1) is 14.5. The van der Waals surface area contributed by atoms with Gasteiger partial charge in [-0.05, 0) is 31.2 Å². The molecule has 0 spiro atoms. The highest BCUT2D eigenvalue weighted by molar-refractivity contribution is 5.79. The topological polar surface area (TPSA) is 126 Å². The van der Waals surface area contributed by atoms with Crippen LogP contribution in [0.2, 0.25) is 0 Å². The van der Waals surface area contributed by atoms with Crippen LogP contribution >= 0.6 is 0 Å². The van der Waals surface area contributed by atoms with Crippen LogP contribution in [0.25, 0.3) is 22.1 Å². The first kappa shape index (κ1) is 19.0. The molecule has 3 heterocycles. The summed E-state index contributed by atoms with van der Waals surface area (Å²) in [7, 11) is 0. The molecule has 0 saturated carbocycles. The van der Waals surface area contributed by atoms with Crippen LogP contribution in [0.4, 0.5) is 5.95 Å². The first-order valence-corrected chi connectivity index (χ1v) is 9.71. The van der Waals surface area contributed by atoms with Gasteiger partial charge in [0.15, 0.2) is 11.8 Å². The molecule has 2 aromatic carbocycles. The molecule has 4 aromatic rings. The van der Waals surface area contributed by atoms with Crippen molar-refractivity contribution >= 4 is 28.1 Å². The summed E-state index contributed by atoms with van der Waals surface area (Å²) in [4.78, 5) is 9.07. The van der Waals surface area contributed by atoms with Gasteiger partial charge in [-0.3, -0.25) is 4.57 Å². The van der Waals surface area contributed by atoms with Gasteiger partial charge >= 0.3 is 0 Å². The zero-order chi connectivity index (χ0) is 20.9. The van der Waals surface area contributed by atoms with Crippen molar-refractivity contribution in [3.8, 4) is 0 Å². The van der Waals surface area contributed by atoms with Crippen LogP contribution < -0.4 is 5.32 Å². The van der Waals surface area contributed by atoms with Gasteiger partial charge in [0.05, 0.1) is 24.2 Å². The van der Waals surface area contributed by atoms with Gasteiger partial charge in [0.1, 0.15) is 23.3 Å². The molecular formula is C21H22N4O5. The Kier molecular flexibility index (Phi) is 4.48. The van der Waals surface area contributed by atoms with Crippen molar-refractivity contribution in [3.05, 3.63) is 54.4 Å². The lowest BCUT2D eigenvalue weighted by Gasteiger charge is -2.28. The second-order valence-electron chi connectivity index (χ2n) is 7.60. The van der Waals surface area contributed by atoms with Crippen LogP contribution in [0, 0.1) is 0 Å². The highest BCUT2D eigenvalue weighted by atomic mass is 16.6. The summed E-state index contributed by atoms with van der Waals surface area (Å²) in [6, 6.07) is 14.9. The molecule has 4 N–H and O–H groups in total. The lowest BCUT2D eigenvalue weighted by Crippen LogP contribution is -2.44. The summed E-state index contributed by atoms with van der Waals surface area (Å²) in [6.45, 7) is 1.34. The SMILES string of the molecule is CC1(O)[C@H](O)[C@@H](CO)O[C@H]1n1c(NCc2nc3ccccc3o2)nc2ccccc21. The van der Waals surface area contributed by atoms with E-state index in [1.807, 2.05) is 48.5 Å². The number of oxazole rings is 1. The largest absolute Gasteiger partial charge is 0.439 e. The minimum Gasteiger partial charge on any atom is -0.439 e. The van der Waals surface area contributed by atoms with Crippen molar-refractivity contribution in [2.24, 2.45) is 0 Å². The predicted molar refractivity (Wildman–Crippen MR) is 109 cm³/mol. The van der Waals surface area contributed by atoms with Crippen molar-refractivity contribution in [1.82, 2.24) is 14.5 Å². The fourth-order valence-electron chi connectivity index (χ4n) is 3.92. The normalized spacial score (nSPS) is 26.6. The Hall–Kier alpha value is -2.98. The molecule has 1 unspecified atom stereocenters. The fraction of sp³-hybridized carbons (Fsp3) is 0.333. The second-order valence-corrected chi connectivity index (χ2v) is 7.60. The van der Waals surface area contributed by atoms with E-state index in [1.54, 1.807) is 4.57 Å². The Morgan fingerprint density at radius 3 is 2.57 bits per heavy atom. The fourth-order valence-corrected chi connectivity index (χ4v) is 3.92. The molecule has 0 amide bonds. The Labute approximate surface area is 171 Å². The van der Waals surface area contributed by atoms with Crippen molar-refractivity contribution < 1.29 is 24.5 Å². The second kappa shape index (κ2) is 7.06. The van der Waals surface area contributed by atoms with E-state index in [4.69, 9.17) is 9.15 Å². The van der Waals surface area contributed by atoms with Gasteiger partial charge in [0, 0.05) is 0 Å². The van der Waals surface area contributed by atoms with Crippen molar-refractivity contribution in [1.29, 1.82) is 0 Å². The van der Waals surface area contributed by atoms with Crippen molar-refractivity contribution in [2.45, 2.75) is 37.5 Å². The third-order valence-electron chi connectivity index (χ3n) is 5.50. The Balaban J connectivity index is 1.52. The molecule has 0 bridgehead atoms. The minimum absolute atomic E-state index is 0.263. The van der Waals surface area contributed by atoms with Crippen LogP contribution in [0.3, 0.4) is 0 Å². The quantitative estimate of drug-likeness (QED) is 0.392. The molecule has 1 saturated heterocycles. The third kappa shape index (κ3) is 2.94. The van der Waals surface area contributed by atoms with Gasteiger partial charge in [0.25, 0.3) is 0 Å². The van der Waals surface area contributed by atoms with E-state index in [1.165, 1.54) is 6.92 Å². The summed E-state index contributed by atoms with van der Waals surface area (Å²) in [5.41, 5.74) is 1.23. The van der Waals surface area contributed by atoms with Crippen LogP contribution in [-0.2, 0) is 11.3 Å². The number of anilines is 1. The van der Waals surface area contributed by atoms with Crippen LogP contribution in [0.5, 0.6) is 0 Å². The van der Waals surface area contributed by atoms with E-state index in [0.29, 0.717) is 28.5 Å². The van der Waals surface area contributed by atoms with Crippen molar-refractivity contribution in [2.75, 3.05) is 11.9 Å². The molecule has 9 heteroatoms. The maximum Gasteiger partial charge on any atom is 0.214 e. The number of benzene rings is 2. The Bertz CT molecular complexity index is 1170. The molecule has 9 nitrogen and oxygen atoms in total. The van der Waals surface area contributed by atoms with E-state index < -0.39 is 30.6 Å². The maximum atomic E-state index is 11.0. The number of rotatable bonds is 5. The number of aliphatic hydroxyl groups excluding tert-OH is 2. The minimum atomic E-state index is -1.63. The summed E-state index contributed by atoms with van der Waals surface area (Å²) in [6.07, 6.45) is -3.11. The standard InChI is InChI=1S/C21H22N4O5/c1-21(28)18(27)16(11-26)30-19(21)25-14-8-4-2-6-12(14)24-20(25)22-10-17-23-13-7-3-5-9-15(13)29-17/h2-9,16,18-19,26-28H,10-11H2,1H3,(H,22,24)/t16-,18-,19-,21?/m1/s1. The number of para-hydroxylation sites is 4. The highest BCUT2D eigenvalue weighted by Crippen LogP contribution is 2.41. The number of hydrogen-bond donors (Lipinski definition) is 4. The summed E-state index contributed by atoms with van der Waals surface area (Å²) >= 11 is 0. The molecule has 4 atom stereocenters. The number of ether oxygens (including phenoxy) is 1. The average molecular weight is 410 g/mol. The van der Waals surface area contributed by atoms with E-state index in [-0.39, 0.29) is 6.54 Å². The van der Waals surface area contributed by atoms with E-state index in [9.17, 15) is 15.3 Å². The molecule has 30 heavy (non-hydrogen) atoms. The van der Waals surface area contributed by atoms with Crippen LogP contribution in [0.15, 0.2) is 52.9 Å². The molecule has 156 valence electrons. The molecule has 1 aliphatic heterocycles. The van der Waals surface area contributed by atoms with Gasteiger partial charge < -0.3 is 29.8 Å². The number of nitrogens with zero attached hydrogens (tertiary/aromatic N) is 3. The zero-order valence-electron chi connectivity index (χ0n) is 16.3. The number of hydrogen-bond acceptors (Lipinski definition) is 8. The number of imidazole rings is 1. The number of nitrogens with one attached hydrogen (secondary N) is 1. The predicted octanol–water partition coefficient (Wildman–Crippen LogP) is 1.79. The molecule has 1 fully saturated rings. The number of aliphatic hydroxyl groups is 3. The molecule has 0 aliphatic carbocycles. The lowest BCUT2D eigenvalue weighted by atomic mass is 9.96. The molecule has 5 rings (SSSR count). The Morgan fingerprint density at radius 2 is 1.83 bits per heavy atom. The van der Waals surface area contributed by atoms with Gasteiger partial charge in [-0.1, -0.05) is 24.3 Å². The smallest absolute Gasteiger partial charge is 0.214 e. The monoisotopic (exact) mass is 410 g/mol. The molecular weight excluding hydrogens is 388 g/mol. The number of fused-ring (bicyclic) bond motifs is 2. The molecule has 2 aromatic heterocycles. The van der Waals surface area contributed by atoms with Gasteiger partial charge in [-0.2, -0.15) is 0 Å². The van der Waals surface area contributed by atoms with E-state index in [0.717, 1.165) is 5.52 Å². The summed E-state index contributed by atoms with van der Waals surface area (Å²) in [5, 5.41) is 34.1. The highest BCUT2D eigenvalue weighted by Gasteiger charge is 2.53. The van der Waals surface area contributed by atoms with Crippen LogP contribution in [-0.4, -0.2) is 54.3 Å². The Morgan fingerprint density at radius 1 is 1.10 bits per heavy atom. The van der Waals surface area contributed by atoms with Crippen LogP contribution in [0.1, 0.15) is 19.0 Å². The third-order valence-corrected chi connectivity index (χ3v) is 5.50. The van der Waals surface area contributed by atoms with Gasteiger partial charge in [-0.15, -0.1) is 0 Å². The van der Waals surface area contributed by atoms with Crippen molar-refractivity contribution in [3.63, 3.8) is 0 Å². The molecule has 0 radical (unpaired) electrons. The lowest BCUT2D eigenvalue weighted by molar-refractivity contribution is -0.0939. The van der Waals surface area contributed by atoms with Gasteiger partial charge in [-0.25, -0.2) is 9.97 Å². The zero-order valence-corrected chi connectivity index (χ0v) is 16.3. The summed E-state index contributed by atoms with van der Waals surface area (Å²) < 4.78 is 13.3. The van der Waals surface area contributed by atoms with E-state index in [2.05, 4.69) is 15.3 Å². The maximum absolute atomic E-state index is 11.0. The number of aromatic nitrogens is 3. The van der Waals surface area contributed by atoms with Gasteiger partial charge in [0.2, 0.25) is 11.8 Å². The molecule has 1 aliphatic rings. The summed E-state index contributed by atoms with van der Waals surface area (Å²) in [5.74, 6) is 0.914.